The molecule has 35 heavy (non-hydrogen) atoms. The number of amides is 3. The first-order chi connectivity index (χ1) is 16.9. The van der Waals surface area contributed by atoms with Crippen LogP contribution in [0.1, 0.15) is 64.4 Å². The van der Waals surface area contributed by atoms with E-state index in [0.717, 1.165) is 24.8 Å². The first-order valence-corrected chi connectivity index (χ1v) is 12.6. The van der Waals surface area contributed by atoms with Crippen molar-refractivity contribution in [2.24, 2.45) is 0 Å². The predicted octanol–water partition coefficient (Wildman–Crippen LogP) is 3.31. The van der Waals surface area contributed by atoms with Crippen molar-refractivity contribution in [2.45, 2.75) is 63.8 Å². The summed E-state index contributed by atoms with van der Waals surface area (Å²) in [6.07, 6.45) is 3.82. The first-order valence-electron chi connectivity index (χ1n) is 12.6. The number of likely N-dealkylation sites (tertiary alicyclic amines) is 1. The third-order valence-electron chi connectivity index (χ3n) is 7.41. The number of ether oxygens (including phenoxy) is 1. The molecule has 1 aliphatic carbocycles. The summed E-state index contributed by atoms with van der Waals surface area (Å²) < 4.78 is 6.27. The zero-order valence-electron chi connectivity index (χ0n) is 20.5. The van der Waals surface area contributed by atoms with Crippen molar-refractivity contribution in [1.29, 1.82) is 0 Å². The fourth-order valence-corrected chi connectivity index (χ4v) is 5.13. The molecule has 2 saturated heterocycles. The lowest BCUT2D eigenvalue weighted by atomic mass is 9.95. The third-order valence-corrected chi connectivity index (χ3v) is 7.41. The number of carbonyl (C=O) groups is 3. The lowest BCUT2D eigenvalue weighted by Gasteiger charge is -2.44. The number of piperidine rings is 1. The molecule has 3 aliphatic rings. The minimum absolute atomic E-state index is 0.0138. The Balaban J connectivity index is 1.36. The quantitative estimate of drug-likeness (QED) is 0.720. The zero-order chi connectivity index (χ0) is 24.6. The number of benzene rings is 2. The van der Waals surface area contributed by atoms with Gasteiger partial charge in [0.15, 0.2) is 0 Å². The molecule has 3 amide bonds. The maximum atomic E-state index is 13.8. The van der Waals surface area contributed by atoms with E-state index in [9.17, 15) is 14.4 Å². The molecule has 1 saturated carbocycles. The summed E-state index contributed by atoms with van der Waals surface area (Å²) in [7, 11) is 0. The zero-order valence-corrected chi connectivity index (χ0v) is 20.5. The van der Waals surface area contributed by atoms with Crippen LogP contribution in [0.5, 0.6) is 0 Å². The van der Waals surface area contributed by atoms with Crippen molar-refractivity contribution in [1.82, 2.24) is 15.1 Å². The van der Waals surface area contributed by atoms with Gasteiger partial charge in [0.1, 0.15) is 11.8 Å². The molecule has 1 atom stereocenters. The Labute approximate surface area is 206 Å². The van der Waals surface area contributed by atoms with E-state index in [-0.39, 0.29) is 30.4 Å². The molecule has 7 nitrogen and oxygen atoms in total. The van der Waals surface area contributed by atoms with E-state index in [4.69, 9.17) is 4.74 Å². The van der Waals surface area contributed by atoms with Gasteiger partial charge in [-0.25, -0.2) is 0 Å². The second-order valence-electron chi connectivity index (χ2n) is 9.94. The molecule has 184 valence electrons. The molecule has 5 rings (SSSR count). The maximum Gasteiger partial charge on any atom is 0.256 e. The molecule has 2 heterocycles. The van der Waals surface area contributed by atoms with Crippen molar-refractivity contribution in [3.63, 3.8) is 0 Å². The van der Waals surface area contributed by atoms with Crippen LogP contribution < -0.4 is 5.32 Å². The fraction of sp³-hybridized carbons (Fsp3) is 0.464. The van der Waals surface area contributed by atoms with E-state index < -0.39 is 11.8 Å². The molecule has 1 N–H and O–H groups in total. The lowest BCUT2D eigenvalue weighted by Crippen LogP contribution is -2.60. The van der Waals surface area contributed by atoms with Crippen LogP contribution in [0.15, 0.2) is 48.5 Å². The number of hydrogen-bond donors (Lipinski definition) is 1. The van der Waals surface area contributed by atoms with Crippen LogP contribution in [0.3, 0.4) is 0 Å². The molecule has 0 aromatic heterocycles. The van der Waals surface area contributed by atoms with Gasteiger partial charge in [-0.15, -0.1) is 0 Å². The van der Waals surface area contributed by atoms with Crippen LogP contribution in [-0.2, 0) is 16.0 Å². The normalized spacial score (nSPS) is 21.3. The van der Waals surface area contributed by atoms with E-state index in [0.29, 0.717) is 37.1 Å². The van der Waals surface area contributed by atoms with Crippen LogP contribution in [0.2, 0.25) is 0 Å². The molecule has 1 unspecified atom stereocenters. The molecule has 2 aromatic carbocycles. The highest BCUT2D eigenvalue weighted by atomic mass is 16.5. The Morgan fingerprint density at radius 1 is 1.00 bits per heavy atom. The molecule has 3 fully saturated rings. The highest BCUT2D eigenvalue weighted by molar-refractivity contribution is 5.99. The summed E-state index contributed by atoms with van der Waals surface area (Å²) in [6, 6.07) is 14.7. The summed E-state index contributed by atoms with van der Waals surface area (Å²) in [4.78, 5) is 43.5. The van der Waals surface area contributed by atoms with Crippen LogP contribution in [0.4, 0.5) is 0 Å². The SMILES string of the molecule is CCc1ccc(C(=O)N2CCC3(CC2)OCC(C(=O)NC2CC2)N3C(=O)c2cccc(C)c2)cc1. The molecular formula is C28H33N3O4. The van der Waals surface area contributed by atoms with E-state index in [1.165, 1.54) is 5.56 Å². The Hall–Kier alpha value is -3.19. The van der Waals surface area contributed by atoms with E-state index in [1.54, 1.807) is 11.0 Å². The van der Waals surface area contributed by atoms with Gasteiger partial charge in [-0.2, -0.15) is 0 Å². The monoisotopic (exact) mass is 475 g/mol. The van der Waals surface area contributed by atoms with Crippen molar-refractivity contribution in [3.05, 3.63) is 70.8 Å². The van der Waals surface area contributed by atoms with Crippen molar-refractivity contribution in [3.8, 4) is 0 Å². The topological polar surface area (TPSA) is 79.0 Å². The summed E-state index contributed by atoms with van der Waals surface area (Å²) in [5.41, 5.74) is 2.50. The number of rotatable bonds is 5. The molecule has 0 radical (unpaired) electrons. The van der Waals surface area contributed by atoms with Crippen LogP contribution in [0.25, 0.3) is 0 Å². The number of nitrogens with zero attached hydrogens (tertiary/aromatic N) is 2. The van der Waals surface area contributed by atoms with Gasteiger partial charge in [0.25, 0.3) is 11.8 Å². The minimum Gasteiger partial charge on any atom is -0.353 e. The van der Waals surface area contributed by atoms with Crippen molar-refractivity contribution in [2.75, 3.05) is 19.7 Å². The second-order valence-corrected chi connectivity index (χ2v) is 9.94. The Kier molecular flexibility index (Phi) is 6.36. The average molecular weight is 476 g/mol. The third kappa shape index (κ3) is 4.69. The standard InChI is InChI=1S/C28H33N3O4/c1-3-20-7-9-21(10-8-20)26(33)30-15-13-28(14-16-30)31(27(34)22-6-4-5-19(2)17-22)24(18-35-28)25(32)29-23-11-12-23/h4-10,17,23-24H,3,11-16,18H2,1-2H3,(H,29,32). The van der Waals surface area contributed by atoms with Gasteiger partial charge in [-0.1, -0.05) is 36.8 Å². The summed E-state index contributed by atoms with van der Waals surface area (Å²) in [5.74, 6) is -0.364. The van der Waals surface area contributed by atoms with E-state index in [2.05, 4.69) is 12.2 Å². The Morgan fingerprint density at radius 2 is 1.71 bits per heavy atom. The van der Waals surface area contributed by atoms with E-state index in [1.807, 2.05) is 54.3 Å². The molecule has 0 bridgehead atoms. The van der Waals surface area contributed by atoms with Gasteiger partial charge in [0.05, 0.1) is 6.61 Å². The molecule has 7 heteroatoms. The van der Waals surface area contributed by atoms with Gasteiger partial charge in [-0.3, -0.25) is 19.3 Å². The lowest BCUT2D eigenvalue weighted by molar-refractivity contribution is -0.128. The smallest absolute Gasteiger partial charge is 0.256 e. The van der Waals surface area contributed by atoms with Crippen LogP contribution in [-0.4, -0.2) is 65.0 Å². The average Bonchev–Trinajstić information content (AvgIpc) is 3.62. The Morgan fingerprint density at radius 3 is 2.34 bits per heavy atom. The predicted molar refractivity (Wildman–Crippen MR) is 132 cm³/mol. The van der Waals surface area contributed by atoms with Gasteiger partial charge in [0.2, 0.25) is 5.91 Å². The summed E-state index contributed by atoms with van der Waals surface area (Å²) in [5, 5.41) is 3.05. The number of nitrogens with one attached hydrogen (secondary N) is 1. The highest BCUT2D eigenvalue weighted by Crippen LogP contribution is 2.39. The van der Waals surface area contributed by atoms with E-state index >= 15 is 0 Å². The van der Waals surface area contributed by atoms with Crippen LogP contribution in [0, 0.1) is 6.92 Å². The number of carbonyl (C=O) groups excluding carboxylic acids is 3. The fourth-order valence-electron chi connectivity index (χ4n) is 5.13. The first kappa shape index (κ1) is 23.5. The number of hydrogen-bond acceptors (Lipinski definition) is 4. The highest BCUT2D eigenvalue weighted by Gasteiger charge is 2.54. The largest absolute Gasteiger partial charge is 0.353 e. The molecule has 1 spiro atoms. The van der Waals surface area contributed by atoms with Crippen molar-refractivity contribution < 1.29 is 19.1 Å². The second kappa shape index (κ2) is 9.46. The molecular weight excluding hydrogens is 442 g/mol. The van der Waals surface area contributed by atoms with Crippen LogP contribution >= 0.6 is 0 Å². The summed E-state index contributed by atoms with van der Waals surface area (Å²) >= 11 is 0. The Bertz CT molecular complexity index is 1120. The minimum atomic E-state index is -0.894. The molecule has 2 aromatic rings. The van der Waals surface area contributed by atoms with Crippen molar-refractivity contribution >= 4 is 17.7 Å². The van der Waals surface area contributed by atoms with Gasteiger partial charge in [-0.05, 0) is 56.0 Å². The molecule has 2 aliphatic heterocycles. The maximum absolute atomic E-state index is 13.8. The van der Waals surface area contributed by atoms with Gasteiger partial charge < -0.3 is 15.0 Å². The van der Waals surface area contributed by atoms with Gasteiger partial charge >= 0.3 is 0 Å². The summed E-state index contributed by atoms with van der Waals surface area (Å²) in [6.45, 7) is 5.13. The van der Waals surface area contributed by atoms with Gasteiger partial charge in [0, 0.05) is 43.1 Å². The number of aryl methyl sites for hydroxylation is 2.